The fourth-order valence-corrected chi connectivity index (χ4v) is 5.36. The minimum Gasteiger partial charge on any atom is -0.334 e. The summed E-state index contributed by atoms with van der Waals surface area (Å²) in [6, 6.07) is 9.39. The van der Waals surface area contributed by atoms with E-state index >= 15 is 0 Å². The van der Waals surface area contributed by atoms with Crippen molar-refractivity contribution in [1.29, 1.82) is 0 Å². The molecular formula is C20H28N4O3S. The molecule has 0 spiro atoms. The van der Waals surface area contributed by atoms with Crippen molar-refractivity contribution in [3.63, 3.8) is 0 Å². The van der Waals surface area contributed by atoms with Crippen molar-refractivity contribution in [2.24, 2.45) is 0 Å². The zero-order chi connectivity index (χ0) is 20.3. The molecule has 2 heterocycles. The van der Waals surface area contributed by atoms with E-state index in [1.807, 2.05) is 51.4 Å². The third-order valence-electron chi connectivity index (χ3n) is 5.16. The molecule has 0 aliphatic carbocycles. The van der Waals surface area contributed by atoms with Gasteiger partial charge in [-0.1, -0.05) is 18.2 Å². The maximum Gasteiger partial charge on any atom is 0.257 e. The van der Waals surface area contributed by atoms with Crippen LogP contribution in [-0.4, -0.2) is 78.6 Å². The smallest absolute Gasteiger partial charge is 0.257 e. The number of hydrogen-bond donors (Lipinski definition) is 0. The number of carbonyl (C=O) groups excluding carboxylic acids is 1. The van der Waals surface area contributed by atoms with Crippen LogP contribution in [0.15, 0.2) is 36.5 Å². The van der Waals surface area contributed by atoms with Crippen molar-refractivity contribution in [1.82, 2.24) is 19.6 Å². The van der Waals surface area contributed by atoms with Gasteiger partial charge in [0.15, 0.2) is 9.84 Å². The molecule has 0 bridgehead atoms. The number of hydrogen-bond acceptors (Lipinski definition) is 5. The normalized spacial score (nSPS) is 18.5. The van der Waals surface area contributed by atoms with Crippen LogP contribution in [0.5, 0.6) is 0 Å². The monoisotopic (exact) mass is 404 g/mol. The van der Waals surface area contributed by atoms with Crippen LogP contribution in [0.25, 0.3) is 5.69 Å². The molecule has 8 heteroatoms. The van der Waals surface area contributed by atoms with Gasteiger partial charge in [0.25, 0.3) is 5.91 Å². The first-order chi connectivity index (χ1) is 13.3. The molecule has 1 amide bonds. The summed E-state index contributed by atoms with van der Waals surface area (Å²) in [5, 5.41) is 4.40. The Morgan fingerprint density at radius 3 is 2.54 bits per heavy atom. The highest BCUT2D eigenvalue weighted by atomic mass is 32.2. The quantitative estimate of drug-likeness (QED) is 0.703. The summed E-state index contributed by atoms with van der Waals surface area (Å²) in [5.74, 6) is 0.0600. The van der Waals surface area contributed by atoms with Gasteiger partial charge in [-0.15, -0.1) is 0 Å². The maximum atomic E-state index is 13.3. The second-order valence-electron chi connectivity index (χ2n) is 7.60. The third kappa shape index (κ3) is 4.62. The highest BCUT2D eigenvalue weighted by Crippen LogP contribution is 2.22. The summed E-state index contributed by atoms with van der Waals surface area (Å²) in [4.78, 5) is 17.2. The Balaban J connectivity index is 1.85. The molecule has 2 aromatic rings. The van der Waals surface area contributed by atoms with E-state index in [9.17, 15) is 13.2 Å². The number of aromatic nitrogens is 2. The van der Waals surface area contributed by atoms with Crippen LogP contribution >= 0.6 is 0 Å². The predicted molar refractivity (Wildman–Crippen MR) is 110 cm³/mol. The first-order valence-corrected chi connectivity index (χ1v) is 11.4. The summed E-state index contributed by atoms with van der Waals surface area (Å²) in [6.07, 6.45) is 2.89. The molecule has 1 fully saturated rings. The Labute approximate surface area is 166 Å². The number of para-hydroxylation sites is 1. The lowest BCUT2D eigenvalue weighted by Crippen LogP contribution is -2.42. The minimum atomic E-state index is -3.07. The van der Waals surface area contributed by atoms with E-state index in [-0.39, 0.29) is 23.5 Å². The van der Waals surface area contributed by atoms with Crippen LogP contribution in [0.2, 0.25) is 0 Å². The number of amides is 1. The first kappa shape index (κ1) is 20.5. The van der Waals surface area contributed by atoms with Gasteiger partial charge in [-0.25, -0.2) is 13.1 Å². The van der Waals surface area contributed by atoms with Crippen LogP contribution in [0, 0.1) is 6.92 Å². The van der Waals surface area contributed by atoms with E-state index in [1.54, 1.807) is 15.8 Å². The molecule has 28 heavy (non-hydrogen) atoms. The van der Waals surface area contributed by atoms with Crippen molar-refractivity contribution in [3.05, 3.63) is 47.8 Å². The van der Waals surface area contributed by atoms with Gasteiger partial charge in [-0.3, -0.25) is 4.79 Å². The van der Waals surface area contributed by atoms with Gasteiger partial charge in [-0.05, 0) is 52.5 Å². The molecule has 3 rings (SSSR count). The standard InChI is InChI=1S/C20H28N4O3S/c1-16-19(14-21-24(16)17-8-5-4-6-9-17)20(25)23(12-7-11-22(2)3)18-10-13-28(26,27)15-18/h4-6,8-9,14,18H,7,10-13,15H2,1-3H3. The average Bonchev–Trinajstić information content (AvgIpc) is 3.21. The largest absolute Gasteiger partial charge is 0.334 e. The number of sulfone groups is 1. The molecule has 1 aliphatic heterocycles. The Morgan fingerprint density at radius 1 is 1.21 bits per heavy atom. The Morgan fingerprint density at radius 2 is 1.93 bits per heavy atom. The molecule has 7 nitrogen and oxygen atoms in total. The Bertz CT molecular complexity index is 922. The van der Waals surface area contributed by atoms with Gasteiger partial charge in [0.1, 0.15) is 0 Å². The van der Waals surface area contributed by atoms with Crippen molar-refractivity contribution in [3.8, 4) is 5.69 Å². The second-order valence-corrected chi connectivity index (χ2v) is 9.83. The zero-order valence-electron chi connectivity index (χ0n) is 16.7. The van der Waals surface area contributed by atoms with Gasteiger partial charge in [0, 0.05) is 12.6 Å². The van der Waals surface area contributed by atoms with E-state index in [0.29, 0.717) is 18.5 Å². The zero-order valence-corrected chi connectivity index (χ0v) is 17.5. The summed E-state index contributed by atoms with van der Waals surface area (Å²) in [5.41, 5.74) is 2.18. The summed E-state index contributed by atoms with van der Waals surface area (Å²) in [7, 11) is 0.902. The van der Waals surface area contributed by atoms with Crippen LogP contribution in [0.4, 0.5) is 0 Å². The SMILES string of the molecule is Cc1c(C(=O)N(CCCN(C)C)C2CCS(=O)(=O)C2)cnn1-c1ccccc1. The summed E-state index contributed by atoms with van der Waals surface area (Å²) < 4.78 is 25.7. The van der Waals surface area contributed by atoms with E-state index in [1.165, 1.54) is 0 Å². The lowest BCUT2D eigenvalue weighted by Gasteiger charge is -2.29. The van der Waals surface area contributed by atoms with E-state index < -0.39 is 9.84 Å². The fourth-order valence-electron chi connectivity index (χ4n) is 3.63. The van der Waals surface area contributed by atoms with Gasteiger partial charge in [0.05, 0.1) is 34.6 Å². The van der Waals surface area contributed by atoms with Crippen molar-refractivity contribution in [2.75, 3.05) is 38.7 Å². The second kappa shape index (κ2) is 8.45. The number of rotatable bonds is 7. The molecule has 0 N–H and O–H groups in total. The molecule has 1 saturated heterocycles. The first-order valence-electron chi connectivity index (χ1n) is 9.54. The number of benzene rings is 1. The van der Waals surface area contributed by atoms with Gasteiger partial charge < -0.3 is 9.80 Å². The molecule has 1 atom stereocenters. The van der Waals surface area contributed by atoms with Crippen LogP contribution in [0.3, 0.4) is 0 Å². The minimum absolute atomic E-state index is 0.0482. The fraction of sp³-hybridized carbons (Fsp3) is 0.500. The lowest BCUT2D eigenvalue weighted by molar-refractivity contribution is 0.0689. The predicted octanol–water partition coefficient (Wildman–Crippen LogP) is 1.76. The summed E-state index contributed by atoms with van der Waals surface area (Å²) in [6.45, 7) is 3.25. The number of carbonyl (C=O) groups is 1. The molecule has 1 aliphatic rings. The topological polar surface area (TPSA) is 75.5 Å². The van der Waals surface area contributed by atoms with Gasteiger partial charge in [0.2, 0.25) is 0 Å². The summed E-state index contributed by atoms with van der Waals surface area (Å²) >= 11 is 0. The van der Waals surface area contributed by atoms with Crippen LogP contribution in [-0.2, 0) is 9.84 Å². The molecule has 152 valence electrons. The van der Waals surface area contributed by atoms with Crippen molar-refractivity contribution < 1.29 is 13.2 Å². The molecule has 1 unspecified atom stereocenters. The Kier molecular flexibility index (Phi) is 6.20. The third-order valence-corrected chi connectivity index (χ3v) is 6.91. The van der Waals surface area contributed by atoms with E-state index in [0.717, 1.165) is 24.3 Å². The molecule has 0 radical (unpaired) electrons. The van der Waals surface area contributed by atoms with E-state index in [2.05, 4.69) is 10.00 Å². The molecule has 1 aromatic carbocycles. The Hall–Kier alpha value is -2.19. The highest BCUT2D eigenvalue weighted by Gasteiger charge is 2.35. The molecular weight excluding hydrogens is 376 g/mol. The van der Waals surface area contributed by atoms with Crippen molar-refractivity contribution in [2.45, 2.75) is 25.8 Å². The average molecular weight is 405 g/mol. The van der Waals surface area contributed by atoms with Gasteiger partial charge in [-0.2, -0.15) is 5.10 Å². The lowest BCUT2D eigenvalue weighted by atomic mass is 10.1. The van der Waals surface area contributed by atoms with Crippen LogP contribution in [0.1, 0.15) is 28.9 Å². The highest BCUT2D eigenvalue weighted by molar-refractivity contribution is 7.91. The van der Waals surface area contributed by atoms with E-state index in [4.69, 9.17) is 0 Å². The molecule has 0 saturated carbocycles. The van der Waals surface area contributed by atoms with Crippen LogP contribution < -0.4 is 0 Å². The maximum absolute atomic E-state index is 13.3. The molecule has 1 aromatic heterocycles. The van der Waals surface area contributed by atoms with Gasteiger partial charge >= 0.3 is 0 Å². The number of nitrogens with zero attached hydrogens (tertiary/aromatic N) is 4. The van der Waals surface area contributed by atoms with Crippen molar-refractivity contribution >= 4 is 15.7 Å².